The first-order valence-corrected chi connectivity index (χ1v) is 10.5. The quantitative estimate of drug-likeness (QED) is 0.733. The molecular formula is C23H32O5. The van der Waals surface area contributed by atoms with E-state index in [0.29, 0.717) is 17.8 Å². The van der Waals surface area contributed by atoms with Crippen LogP contribution in [0.2, 0.25) is 0 Å². The van der Waals surface area contributed by atoms with E-state index in [1.807, 2.05) is 0 Å². The van der Waals surface area contributed by atoms with E-state index in [1.54, 1.807) is 26.2 Å². The monoisotopic (exact) mass is 388 g/mol. The molecule has 3 saturated carbocycles. The number of methoxy groups -OCH3 is 1. The number of carbonyl (C=O) groups is 2. The van der Waals surface area contributed by atoms with Crippen molar-refractivity contribution in [1.29, 1.82) is 0 Å². The molecule has 1 N–H and O–H groups in total. The van der Waals surface area contributed by atoms with Gasteiger partial charge in [0.2, 0.25) is 5.78 Å². The van der Waals surface area contributed by atoms with Crippen LogP contribution in [-0.2, 0) is 19.1 Å². The van der Waals surface area contributed by atoms with Crippen molar-refractivity contribution in [3.8, 4) is 0 Å². The van der Waals surface area contributed by atoms with Crippen molar-refractivity contribution >= 4 is 11.6 Å². The van der Waals surface area contributed by atoms with E-state index < -0.39 is 5.60 Å². The van der Waals surface area contributed by atoms with E-state index in [4.69, 9.17) is 9.47 Å². The zero-order valence-corrected chi connectivity index (χ0v) is 17.4. The first kappa shape index (κ1) is 19.8. The van der Waals surface area contributed by atoms with E-state index in [2.05, 4.69) is 13.8 Å². The van der Waals surface area contributed by atoms with Crippen molar-refractivity contribution in [2.24, 2.45) is 28.6 Å². The number of ether oxygens (including phenoxy) is 2. The lowest BCUT2D eigenvalue weighted by Crippen LogP contribution is -2.58. The fourth-order valence-corrected chi connectivity index (χ4v) is 7.35. The predicted molar refractivity (Wildman–Crippen MR) is 105 cm³/mol. The molecule has 0 unspecified atom stereocenters. The summed E-state index contributed by atoms with van der Waals surface area (Å²) in [5.74, 6) is 0.968. The van der Waals surface area contributed by atoms with Crippen LogP contribution in [0.15, 0.2) is 23.5 Å². The van der Waals surface area contributed by atoms with Crippen molar-refractivity contribution in [3.63, 3.8) is 0 Å². The van der Waals surface area contributed by atoms with E-state index in [0.717, 1.165) is 44.1 Å². The smallest absolute Gasteiger partial charge is 0.219 e. The van der Waals surface area contributed by atoms with Gasteiger partial charge in [0.1, 0.15) is 12.4 Å². The maximum atomic E-state index is 12.8. The summed E-state index contributed by atoms with van der Waals surface area (Å²) in [5.41, 5.74) is -0.0776. The minimum absolute atomic E-state index is 0.108. The normalized spacial score (nSPS) is 44.9. The molecule has 0 aromatic heterocycles. The van der Waals surface area contributed by atoms with Crippen molar-refractivity contribution in [2.45, 2.75) is 64.9 Å². The summed E-state index contributed by atoms with van der Waals surface area (Å²) in [6, 6.07) is 0. The van der Waals surface area contributed by atoms with Gasteiger partial charge in [-0.15, -0.1) is 0 Å². The first-order valence-electron chi connectivity index (χ1n) is 10.5. The second-order valence-electron chi connectivity index (χ2n) is 9.69. The van der Waals surface area contributed by atoms with Gasteiger partial charge in [-0.3, -0.25) is 9.59 Å². The molecule has 3 fully saturated rings. The Labute approximate surface area is 167 Å². The van der Waals surface area contributed by atoms with Crippen LogP contribution in [0.5, 0.6) is 0 Å². The number of hydrogen-bond acceptors (Lipinski definition) is 5. The Bertz CT molecular complexity index is 767. The van der Waals surface area contributed by atoms with Crippen LogP contribution in [0.1, 0.15) is 59.3 Å². The van der Waals surface area contributed by atoms with Gasteiger partial charge in [0.15, 0.2) is 11.5 Å². The predicted octanol–water partition coefficient (Wildman–Crippen LogP) is 4.13. The lowest BCUT2D eigenvalue weighted by molar-refractivity contribution is -0.199. The highest BCUT2D eigenvalue weighted by atomic mass is 16.7. The van der Waals surface area contributed by atoms with Gasteiger partial charge < -0.3 is 14.6 Å². The maximum Gasteiger partial charge on any atom is 0.219 e. The number of rotatable bonds is 4. The number of aliphatic hydroxyl groups excluding tert-OH is 1. The molecule has 0 saturated heterocycles. The first-order chi connectivity index (χ1) is 13.2. The summed E-state index contributed by atoms with van der Waals surface area (Å²) in [7, 11) is 1.60. The zero-order valence-electron chi connectivity index (χ0n) is 17.4. The molecular weight excluding hydrogens is 356 g/mol. The molecule has 0 spiro atoms. The van der Waals surface area contributed by atoms with Crippen LogP contribution in [0, 0.1) is 28.6 Å². The number of carbonyl (C=O) groups excluding carboxylic acids is 2. The van der Waals surface area contributed by atoms with E-state index in [-0.39, 0.29) is 34.9 Å². The van der Waals surface area contributed by atoms with Crippen molar-refractivity contribution in [2.75, 3.05) is 13.9 Å². The molecule has 154 valence electrons. The summed E-state index contributed by atoms with van der Waals surface area (Å²) in [5, 5.41) is 10.2. The van der Waals surface area contributed by atoms with Gasteiger partial charge >= 0.3 is 0 Å². The summed E-state index contributed by atoms with van der Waals surface area (Å²) in [4.78, 5) is 24.8. The molecule has 0 radical (unpaired) electrons. The highest BCUT2D eigenvalue weighted by molar-refractivity contribution is 6.04. The van der Waals surface area contributed by atoms with Gasteiger partial charge in [-0.05, 0) is 75.4 Å². The van der Waals surface area contributed by atoms with Crippen LogP contribution < -0.4 is 0 Å². The molecule has 0 aromatic carbocycles. The minimum atomic E-state index is -0.768. The van der Waals surface area contributed by atoms with Crippen LogP contribution in [0.25, 0.3) is 0 Å². The van der Waals surface area contributed by atoms with Gasteiger partial charge in [-0.2, -0.15) is 0 Å². The van der Waals surface area contributed by atoms with Crippen LogP contribution in [-0.4, -0.2) is 36.2 Å². The number of aliphatic hydroxyl groups is 1. The SMILES string of the molecule is COCO[C@]1(C(C)=O)CC[C@H]2[C@@H]3CCC4=CC(=O)C(O)=C[C@]4(C)[C@H]3CC[C@@]21C. The van der Waals surface area contributed by atoms with E-state index in [1.165, 1.54) is 0 Å². The Hall–Kier alpha value is -1.46. The summed E-state index contributed by atoms with van der Waals surface area (Å²) in [6.07, 6.45) is 8.98. The van der Waals surface area contributed by atoms with Gasteiger partial charge in [-0.25, -0.2) is 0 Å². The maximum absolute atomic E-state index is 12.8. The Kier molecular flexibility index (Phi) is 4.63. The number of Topliss-reactive ketones (excluding diaryl/α,β-unsaturated/α-hetero) is 1. The molecule has 4 rings (SSSR count). The Morgan fingerprint density at radius 1 is 1.21 bits per heavy atom. The average molecular weight is 389 g/mol. The number of fused-ring (bicyclic) bond motifs is 5. The second-order valence-corrected chi connectivity index (χ2v) is 9.69. The number of ketones is 2. The van der Waals surface area contributed by atoms with Crippen LogP contribution in [0.3, 0.4) is 0 Å². The minimum Gasteiger partial charge on any atom is -0.504 e. The number of allylic oxidation sites excluding steroid dienone is 3. The molecule has 6 atom stereocenters. The third kappa shape index (κ3) is 2.45. The molecule has 0 aromatic rings. The Balaban J connectivity index is 1.70. The standard InChI is InChI=1S/C23H32O5/c1-14(24)23(28-13-27-4)10-8-18-16-6-5-15-11-19(25)20(26)12-21(15,2)17(16)7-9-22(18,23)3/h11-12,16-18,26H,5-10,13H2,1-4H3/t16-,17+,18+,21+,22+,23+/m1/s1. The highest BCUT2D eigenvalue weighted by Crippen LogP contribution is 2.67. The second kappa shape index (κ2) is 6.53. The van der Waals surface area contributed by atoms with Gasteiger partial charge in [-0.1, -0.05) is 19.4 Å². The van der Waals surface area contributed by atoms with E-state index >= 15 is 0 Å². The topological polar surface area (TPSA) is 72.8 Å². The molecule has 0 amide bonds. The fourth-order valence-electron chi connectivity index (χ4n) is 7.35. The molecule has 5 nitrogen and oxygen atoms in total. The third-order valence-corrected chi connectivity index (χ3v) is 8.75. The van der Waals surface area contributed by atoms with Gasteiger partial charge in [0.05, 0.1) is 0 Å². The van der Waals surface area contributed by atoms with Crippen LogP contribution in [0.4, 0.5) is 0 Å². The number of hydrogen-bond donors (Lipinski definition) is 1. The molecule has 4 aliphatic carbocycles. The third-order valence-electron chi connectivity index (χ3n) is 8.75. The highest BCUT2D eigenvalue weighted by Gasteiger charge is 2.66. The molecule has 0 bridgehead atoms. The molecule has 0 heterocycles. The molecule has 4 aliphatic rings. The lowest BCUT2D eigenvalue weighted by Gasteiger charge is -2.58. The summed E-state index contributed by atoms with van der Waals surface area (Å²) >= 11 is 0. The average Bonchev–Trinajstić information content (AvgIpc) is 2.95. The fraction of sp³-hybridized carbons (Fsp3) is 0.739. The summed E-state index contributed by atoms with van der Waals surface area (Å²) in [6.45, 7) is 6.21. The summed E-state index contributed by atoms with van der Waals surface area (Å²) < 4.78 is 11.3. The molecule has 5 heteroatoms. The van der Waals surface area contributed by atoms with Gasteiger partial charge in [0.25, 0.3) is 0 Å². The van der Waals surface area contributed by atoms with Crippen molar-refractivity contribution in [1.82, 2.24) is 0 Å². The van der Waals surface area contributed by atoms with Crippen molar-refractivity contribution < 1.29 is 24.2 Å². The molecule has 0 aliphatic heterocycles. The zero-order chi connectivity index (χ0) is 20.3. The lowest BCUT2D eigenvalue weighted by atomic mass is 9.47. The van der Waals surface area contributed by atoms with Crippen molar-refractivity contribution in [3.05, 3.63) is 23.5 Å². The molecule has 28 heavy (non-hydrogen) atoms. The van der Waals surface area contributed by atoms with Crippen LogP contribution >= 0.6 is 0 Å². The largest absolute Gasteiger partial charge is 0.504 e. The Morgan fingerprint density at radius 3 is 2.61 bits per heavy atom. The van der Waals surface area contributed by atoms with Gasteiger partial charge in [0, 0.05) is 17.9 Å². The van der Waals surface area contributed by atoms with E-state index in [9.17, 15) is 14.7 Å². The Morgan fingerprint density at radius 2 is 1.93 bits per heavy atom.